The third-order valence-corrected chi connectivity index (χ3v) is 2.93. The van der Waals surface area contributed by atoms with Gasteiger partial charge in [0.15, 0.2) is 0 Å². The van der Waals surface area contributed by atoms with E-state index in [1.807, 2.05) is 23.0 Å². The molecule has 0 saturated carbocycles. The Balaban J connectivity index is 2.41. The number of hydrogen-bond donors (Lipinski definition) is 1. The topological polar surface area (TPSA) is 43.8 Å². The molecule has 16 heavy (non-hydrogen) atoms. The summed E-state index contributed by atoms with van der Waals surface area (Å²) in [4.78, 5) is 0.548. The summed E-state index contributed by atoms with van der Waals surface area (Å²) in [5.74, 6) is 0. The summed E-state index contributed by atoms with van der Waals surface area (Å²) in [6.45, 7) is 2.12. The Bertz CT molecular complexity index is 504. The van der Waals surface area contributed by atoms with Gasteiger partial charge in [-0.25, -0.2) is 0 Å². The second-order valence-corrected chi connectivity index (χ2v) is 4.40. The van der Waals surface area contributed by atoms with Gasteiger partial charge in [-0.3, -0.25) is 4.68 Å². The molecule has 0 spiro atoms. The van der Waals surface area contributed by atoms with Gasteiger partial charge in [-0.1, -0.05) is 37.3 Å². The fourth-order valence-corrected chi connectivity index (χ4v) is 2.11. The number of thiocarbonyl (C=S) groups is 1. The summed E-state index contributed by atoms with van der Waals surface area (Å²) >= 11 is 4.97. The fraction of sp³-hybridized carbons (Fsp3) is 0.333. The number of fused-ring (bicyclic) bond motifs is 1. The minimum absolute atomic E-state index is 0.261. The average Bonchev–Trinajstić information content (AvgIpc) is 2.69. The lowest BCUT2D eigenvalue weighted by Crippen LogP contribution is -2.18. The molecule has 0 aliphatic heterocycles. The van der Waals surface area contributed by atoms with Crippen molar-refractivity contribution in [2.45, 2.75) is 25.8 Å². The van der Waals surface area contributed by atoms with Gasteiger partial charge in [-0.05, 0) is 12.5 Å². The third kappa shape index (κ3) is 2.07. The molecule has 3 nitrogen and oxygen atoms in total. The Labute approximate surface area is 100 Å². The maximum Gasteiger partial charge on any atom is 0.0748 e. The van der Waals surface area contributed by atoms with Crippen molar-refractivity contribution in [2.75, 3.05) is 0 Å². The zero-order chi connectivity index (χ0) is 11.5. The number of aromatic nitrogens is 2. The number of rotatable bonds is 4. The molecule has 1 atom stereocenters. The summed E-state index contributed by atoms with van der Waals surface area (Å²) in [6, 6.07) is 8.44. The number of nitrogens with two attached hydrogens (primary N) is 1. The normalized spacial score (nSPS) is 12.8. The molecular formula is C12H15N3S. The maximum absolute atomic E-state index is 5.61. The second kappa shape index (κ2) is 4.61. The molecule has 0 aliphatic rings. The van der Waals surface area contributed by atoms with Crippen LogP contribution in [0.5, 0.6) is 0 Å². The van der Waals surface area contributed by atoms with Gasteiger partial charge in [0.05, 0.1) is 22.7 Å². The molecular weight excluding hydrogens is 218 g/mol. The van der Waals surface area contributed by atoms with Gasteiger partial charge >= 0.3 is 0 Å². The van der Waals surface area contributed by atoms with Crippen molar-refractivity contribution in [3.63, 3.8) is 0 Å². The van der Waals surface area contributed by atoms with Crippen LogP contribution in [0.25, 0.3) is 10.9 Å². The Hall–Kier alpha value is -1.42. The lowest BCUT2D eigenvalue weighted by atomic mass is 10.1. The highest BCUT2D eigenvalue weighted by Gasteiger charge is 2.13. The zero-order valence-electron chi connectivity index (χ0n) is 9.26. The van der Waals surface area contributed by atoms with Crippen LogP contribution >= 0.6 is 12.2 Å². The molecule has 0 fully saturated rings. The molecule has 4 heteroatoms. The molecule has 1 aromatic carbocycles. The van der Waals surface area contributed by atoms with Crippen LogP contribution < -0.4 is 5.73 Å². The van der Waals surface area contributed by atoms with E-state index in [-0.39, 0.29) is 6.04 Å². The molecule has 2 aromatic rings. The van der Waals surface area contributed by atoms with E-state index in [1.54, 1.807) is 0 Å². The van der Waals surface area contributed by atoms with E-state index in [0.29, 0.717) is 11.4 Å². The zero-order valence-corrected chi connectivity index (χ0v) is 10.1. The van der Waals surface area contributed by atoms with Crippen molar-refractivity contribution in [1.29, 1.82) is 0 Å². The highest BCUT2D eigenvalue weighted by atomic mass is 32.1. The molecule has 1 unspecified atom stereocenters. The minimum Gasteiger partial charge on any atom is -0.393 e. The predicted molar refractivity (Wildman–Crippen MR) is 70.5 cm³/mol. The molecule has 0 radical (unpaired) electrons. The van der Waals surface area contributed by atoms with Crippen molar-refractivity contribution in [3.05, 3.63) is 30.5 Å². The third-order valence-electron chi connectivity index (χ3n) is 2.76. The van der Waals surface area contributed by atoms with Gasteiger partial charge in [0, 0.05) is 11.8 Å². The van der Waals surface area contributed by atoms with Crippen LogP contribution in [0.1, 0.15) is 25.8 Å². The van der Waals surface area contributed by atoms with Crippen LogP contribution in [0.2, 0.25) is 0 Å². The van der Waals surface area contributed by atoms with E-state index in [4.69, 9.17) is 18.0 Å². The molecule has 0 amide bonds. The first-order valence-electron chi connectivity index (χ1n) is 5.43. The first-order valence-corrected chi connectivity index (χ1v) is 5.83. The first kappa shape index (κ1) is 11.1. The highest BCUT2D eigenvalue weighted by molar-refractivity contribution is 7.80. The standard InChI is InChI=1S/C12H15N3S/c1-2-10(7-12(13)16)15-11-6-4-3-5-9(11)8-14-15/h3-6,8,10H,2,7H2,1H3,(H2,13,16). The van der Waals surface area contributed by atoms with Crippen LogP contribution in [0.3, 0.4) is 0 Å². The van der Waals surface area contributed by atoms with E-state index < -0.39 is 0 Å². The highest BCUT2D eigenvalue weighted by Crippen LogP contribution is 2.22. The average molecular weight is 233 g/mol. The van der Waals surface area contributed by atoms with Gasteiger partial charge < -0.3 is 5.73 Å². The molecule has 2 N–H and O–H groups in total. The summed E-state index contributed by atoms with van der Waals surface area (Å²) in [6.07, 6.45) is 3.57. The minimum atomic E-state index is 0.261. The van der Waals surface area contributed by atoms with Crippen molar-refractivity contribution in [2.24, 2.45) is 5.73 Å². The molecule has 2 rings (SSSR count). The smallest absolute Gasteiger partial charge is 0.0748 e. The molecule has 84 valence electrons. The van der Waals surface area contributed by atoms with Crippen molar-refractivity contribution >= 4 is 28.1 Å². The van der Waals surface area contributed by atoms with E-state index in [9.17, 15) is 0 Å². The number of nitrogens with zero attached hydrogens (tertiary/aromatic N) is 2. The van der Waals surface area contributed by atoms with Crippen molar-refractivity contribution in [1.82, 2.24) is 9.78 Å². The van der Waals surface area contributed by atoms with E-state index >= 15 is 0 Å². The Morgan fingerprint density at radius 1 is 1.50 bits per heavy atom. The Morgan fingerprint density at radius 2 is 2.25 bits per heavy atom. The van der Waals surface area contributed by atoms with Crippen molar-refractivity contribution < 1.29 is 0 Å². The molecule has 0 bridgehead atoms. The Morgan fingerprint density at radius 3 is 2.94 bits per heavy atom. The maximum atomic E-state index is 5.61. The van der Waals surface area contributed by atoms with Gasteiger partial charge in [0.2, 0.25) is 0 Å². The lowest BCUT2D eigenvalue weighted by Gasteiger charge is -2.15. The van der Waals surface area contributed by atoms with Crippen LogP contribution in [0, 0.1) is 0 Å². The van der Waals surface area contributed by atoms with Gasteiger partial charge in [0.25, 0.3) is 0 Å². The van der Waals surface area contributed by atoms with Crippen molar-refractivity contribution in [3.8, 4) is 0 Å². The van der Waals surface area contributed by atoms with E-state index in [0.717, 1.165) is 17.3 Å². The molecule has 1 aromatic heterocycles. The summed E-state index contributed by atoms with van der Waals surface area (Å²) < 4.78 is 2.02. The van der Waals surface area contributed by atoms with E-state index in [2.05, 4.69) is 24.2 Å². The van der Waals surface area contributed by atoms with Gasteiger partial charge in [0.1, 0.15) is 0 Å². The molecule has 0 aliphatic carbocycles. The lowest BCUT2D eigenvalue weighted by molar-refractivity contribution is 0.469. The van der Waals surface area contributed by atoms with Gasteiger partial charge in [-0.15, -0.1) is 0 Å². The quantitative estimate of drug-likeness (QED) is 0.826. The van der Waals surface area contributed by atoms with Gasteiger partial charge in [-0.2, -0.15) is 5.10 Å². The summed E-state index contributed by atoms with van der Waals surface area (Å²) in [7, 11) is 0. The first-order chi connectivity index (χ1) is 7.72. The SMILES string of the molecule is CCC(CC(N)=S)n1ncc2ccccc21. The van der Waals surface area contributed by atoms with Crippen LogP contribution in [0.4, 0.5) is 0 Å². The number of para-hydroxylation sites is 1. The molecule has 0 saturated heterocycles. The van der Waals surface area contributed by atoms with Crippen LogP contribution in [-0.2, 0) is 0 Å². The second-order valence-electron chi connectivity index (χ2n) is 3.88. The van der Waals surface area contributed by atoms with E-state index in [1.165, 1.54) is 0 Å². The Kier molecular flexibility index (Phi) is 3.19. The summed E-state index contributed by atoms with van der Waals surface area (Å²) in [5.41, 5.74) is 6.75. The predicted octanol–water partition coefficient (Wildman–Crippen LogP) is 2.66. The monoisotopic (exact) mass is 233 g/mol. The fourth-order valence-electron chi connectivity index (χ4n) is 1.92. The summed E-state index contributed by atoms with van der Waals surface area (Å²) in [5, 5.41) is 5.58. The number of hydrogen-bond acceptors (Lipinski definition) is 2. The largest absolute Gasteiger partial charge is 0.393 e. The van der Waals surface area contributed by atoms with Crippen LogP contribution in [0.15, 0.2) is 30.5 Å². The van der Waals surface area contributed by atoms with Crippen LogP contribution in [-0.4, -0.2) is 14.8 Å². The number of benzene rings is 1. The molecule has 1 heterocycles.